The Hall–Kier alpha value is -1.35. The topological polar surface area (TPSA) is 40.5 Å². The Labute approximate surface area is 121 Å². The van der Waals surface area contributed by atoms with E-state index in [1.54, 1.807) is 0 Å². The van der Waals surface area contributed by atoms with Crippen molar-refractivity contribution in [1.82, 2.24) is 4.90 Å². The van der Waals surface area contributed by atoms with E-state index in [9.17, 15) is 9.90 Å². The first-order valence-corrected chi connectivity index (χ1v) is 7.53. The maximum Gasteiger partial charge on any atom is 0.320 e. The van der Waals surface area contributed by atoms with Crippen LogP contribution in [-0.4, -0.2) is 28.6 Å². The van der Waals surface area contributed by atoms with Gasteiger partial charge in [0.2, 0.25) is 0 Å². The molecule has 2 rings (SSSR count). The highest BCUT2D eigenvalue weighted by atomic mass is 16.4. The van der Waals surface area contributed by atoms with Crippen LogP contribution in [0.3, 0.4) is 0 Å². The molecule has 3 heteroatoms. The van der Waals surface area contributed by atoms with E-state index in [4.69, 9.17) is 0 Å². The molecule has 1 aliphatic rings. The van der Waals surface area contributed by atoms with E-state index < -0.39 is 5.97 Å². The van der Waals surface area contributed by atoms with Gasteiger partial charge in [-0.25, -0.2) is 0 Å². The van der Waals surface area contributed by atoms with Crippen LogP contribution in [-0.2, 0) is 11.3 Å². The molecule has 0 spiro atoms. The summed E-state index contributed by atoms with van der Waals surface area (Å²) in [7, 11) is 0. The highest BCUT2D eigenvalue weighted by Crippen LogP contribution is 2.25. The van der Waals surface area contributed by atoms with Gasteiger partial charge < -0.3 is 5.11 Å². The van der Waals surface area contributed by atoms with Crippen molar-refractivity contribution >= 4 is 5.97 Å². The highest BCUT2D eigenvalue weighted by molar-refractivity contribution is 5.73. The number of carboxylic acid groups (broad SMARTS) is 1. The number of piperidine rings is 1. The molecule has 3 nitrogen and oxygen atoms in total. The molecule has 110 valence electrons. The third kappa shape index (κ3) is 3.60. The average molecular weight is 275 g/mol. The number of hydrogen-bond donors (Lipinski definition) is 1. The minimum atomic E-state index is -0.685. The third-order valence-corrected chi connectivity index (χ3v) is 4.29. The Morgan fingerprint density at radius 2 is 2.00 bits per heavy atom. The van der Waals surface area contributed by atoms with Crippen molar-refractivity contribution in [2.45, 2.75) is 52.1 Å². The number of carboxylic acids is 1. The minimum Gasteiger partial charge on any atom is -0.480 e. The van der Waals surface area contributed by atoms with Crippen LogP contribution in [0, 0.1) is 5.92 Å². The molecule has 1 aromatic carbocycles. The van der Waals surface area contributed by atoms with Gasteiger partial charge in [0.15, 0.2) is 0 Å². The fraction of sp³-hybridized carbons (Fsp3) is 0.588. The summed E-state index contributed by atoms with van der Waals surface area (Å²) in [4.78, 5) is 13.5. The smallest absolute Gasteiger partial charge is 0.320 e. The molecule has 1 N–H and O–H groups in total. The van der Waals surface area contributed by atoms with E-state index >= 15 is 0 Å². The maximum absolute atomic E-state index is 11.4. The van der Waals surface area contributed by atoms with E-state index in [0.29, 0.717) is 11.8 Å². The van der Waals surface area contributed by atoms with Crippen LogP contribution < -0.4 is 0 Å². The van der Waals surface area contributed by atoms with Gasteiger partial charge in [-0.3, -0.25) is 9.69 Å². The molecular formula is C17H25NO2. The zero-order valence-corrected chi connectivity index (χ0v) is 12.7. The van der Waals surface area contributed by atoms with Crippen molar-refractivity contribution in [3.8, 4) is 0 Å². The monoisotopic (exact) mass is 275 g/mol. The Balaban J connectivity index is 2.05. The van der Waals surface area contributed by atoms with Crippen LogP contribution in [0.25, 0.3) is 0 Å². The molecule has 2 unspecified atom stereocenters. The molecule has 0 aliphatic carbocycles. The van der Waals surface area contributed by atoms with E-state index in [0.717, 1.165) is 25.9 Å². The summed E-state index contributed by atoms with van der Waals surface area (Å²) >= 11 is 0. The standard InChI is InChI=1S/C17H25NO2/c1-12(2)15-6-4-14(5-7-15)11-18-9-8-13(3)10-16(18)17(19)20/h4-7,12-13,16H,8-11H2,1-3H3,(H,19,20). The van der Waals surface area contributed by atoms with Gasteiger partial charge in [-0.1, -0.05) is 45.0 Å². The quantitative estimate of drug-likeness (QED) is 0.914. The number of rotatable bonds is 4. The molecule has 0 saturated carbocycles. The fourth-order valence-electron chi connectivity index (χ4n) is 2.88. The van der Waals surface area contributed by atoms with Gasteiger partial charge in [0.1, 0.15) is 6.04 Å². The summed E-state index contributed by atoms with van der Waals surface area (Å²) in [6.07, 6.45) is 1.85. The number of benzene rings is 1. The van der Waals surface area contributed by atoms with E-state index in [1.165, 1.54) is 11.1 Å². The Kier molecular flexibility index (Phi) is 4.81. The van der Waals surface area contributed by atoms with Gasteiger partial charge in [0, 0.05) is 6.54 Å². The van der Waals surface area contributed by atoms with Gasteiger partial charge in [0.25, 0.3) is 0 Å². The second kappa shape index (κ2) is 6.40. The van der Waals surface area contributed by atoms with Crippen molar-refractivity contribution in [3.63, 3.8) is 0 Å². The van der Waals surface area contributed by atoms with Crippen molar-refractivity contribution in [1.29, 1.82) is 0 Å². The Morgan fingerprint density at radius 1 is 1.35 bits per heavy atom. The molecule has 20 heavy (non-hydrogen) atoms. The molecule has 1 aromatic rings. The lowest BCUT2D eigenvalue weighted by Gasteiger charge is -2.36. The van der Waals surface area contributed by atoms with E-state index in [2.05, 4.69) is 49.9 Å². The molecule has 0 aromatic heterocycles. The number of nitrogens with zero attached hydrogens (tertiary/aromatic N) is 1. The van der Waals surface area contributed by atoms with Crippen molar-refractivity contribution in [2.24, 2.45) is 5.92 Å². The lowest BCUT2D eigenvalue weighted by Crippen LogP contribution is -2.46. The molecule has 0 amide bonds. The lowest BCUT2D eigenvalue weighted by molar-refractivity contribution is -0.145. The summed E-state index contributed by atoms with van der Waals surface area (Å²) < 4.78 is 0. The van der Waals surface area contributed by atoms with Crippen LogP contribution >= 0.6 is 0 Å². The first-order chi connectivity index (χ1) is 9.47. The number of hydrogen-bond acceptors (Lipinski definition) is 2. The van der Waals surface area contributed by atoms with Gasteiger partial charge >= 0.3 is 5.97 Å². The largest absolute Gasteiger partial charge is 0.480 e. The highest BCUT2D eigenvalue weighted by Gasteiger charge is 2.31. The van der Waals surface area contributed by atoms with Crippen molar-refractivity contribution in [2.75, 3.05) is 6.54 Å². The number of likely N-dealkylation sites (tertiary alicyclic amines) is 1. The predicted octanol–water partition coefficient (Wildman–Crippen LogP) is 3.50. The van der Waals surface area contributed by atoms with Gasteiger partial charge in [-0.2, -0.15) is 0 Å². The van der Waals surface area contributed by atoms with Crippen LogP contribution in [0.15, 0.2) is 24.3 Å². The second-order valence-electron chi connectivity index (χ2n) is 6.35. The van der Waals surface area contributed by atoms with Gasteiger partial charge in [0.05, 0.1) is 0 Å². The van der Waals surface area contributed by atoms with Gasteiger partial charge in [-0.05, 0) is 42.3 Å². The number of aliphatic carboxylic acids is 1. The van der Waals surface area contributed by atoms with E-state index in [1.807, 2.05) is 0 Å². The Bertz CT molecular complexity index is 453. The molecule has 2 atom stereocenters. The normalized spacial score (nSPS) is 24.0. The number of carbonyl (C=O) groups is 1. The molecule has 1 aliphatic heterocycles. The summed E-state index contributed by atoms with van der Waals surface area (Å²) in [6.45, 7) is 8.12. The lowest BCUT2D eigenvalue weighted by atomic mass is 9.92. The summed E-state index contributed by atoms with van der Waals surface area (Å²) in [5.74, 6) is 0.359. The van der Waals surface area contributed by atoms with Crippen LogP contribution in [0.5, 0.6) is 0 Å². The van der Waals surface area contributed by atoms with E-state index in [-0.39, 0.29) is 6.04 Å². The molecule has 0 bridgehead atoms. The van der Waals surface area contributed by atoms with Crippen molar-refractivity contribution < 1.29 is 9.90 Å². The summed E-state index contributed by atoms with van der Waals surface area (Å²) in [5.41, 5.74) is 2.53. The fourth-order valence-corrected chi connectivity index (χ4v) is 2.88. The van der Waals surface area contributed by atoms with Crippen molar-refractivity contribution in [3.05, 3.63) is 35.4 Å². The summed E-state index contributed by atoms with van der Waals surface area (Å²) in [5, 5.41) is 9.38. The SMILES string of the molecule is CC1CCN(Cc2ccc(C(C)C)cc2)C(C(=O)O)C1. The van der Waals surface area contributed by atoms with Crippen LogP contribution in [0.2, 0.25) is 0 Å². The summed E-state index contributed by atoms with van der Waals surface area (Å²) in [6, 6.07) is 8.24. The maximum atomic E-state index is 11.4. The Morgan fingerprint density at radius 3 is 2.55 bits per heavy atom. The molecule has 1 heterocycles. The first kappa shape index (κ1) is 15.0. The molecule has 1 fully saturated rings. The second-order valence-corrected chi connectivity index (χ2v) is 6.35. The van der Waals surface area contributed by atoms with Crippen LogP contribution in [0.1, 0.15) is 50.7 Å². The predicted molar refractivity (Wildman–Crippen MR) is 80.8 cm³/mol. The molecule has 0 radical (unpaired) electrons. The zero-order valence-electron chi connectivity index (χ0n) is 12.7. The first-order valence-electron chi connectivity index (χ1n) is 7.53. The third-order valence-electron chi connectivity index (χ3n) is 4.29. The minimum absolute atomic E-state index is 0.330. The van der Waals surface area contributed by atoms with Crippen LogP contribution in [0.4, 0.5) is 0 Å². The molecular weight excluding hydrogens is 250 g/mol. The van der Waals surface area contributed by atoms with Gasteiger partial charge in [-0.15, -0.1) is 0 Å². The molecule has 1 saturated heterocycles. The average Bonchev–Trinajstić information content (AvgIpc) is 2.41. The zero-order chi connectivity index (χ0) is 14.7.